The van der Waals surface area contributed by atoms with E-state index >= 15 is 0 Å². The number of benzene rings is 1. The summed E-state index contributed by atoms with van der Waals surface area (Å²) in [5.74, 6) is 0.780. The lowest BCUT2D eigenvalue weighted by Crippen LogP contribution is -2.32. The lowest BCUT2D eigenvalue weighted by Gasteiger charge is -2.34. The third-order valence-corrected chi connectivity index (χ3v) is 7.40. The van der Waals surface area contributed by atoms with E-state index in [4.69, 9.17) is 10.1 Å². The summed E-state index contributed by atoms with van der Waals surface area (Å²) in [7, 11) is 0. The van der Waals surface area contributed by atoms with Crippen LogP contribution in [0.4, 0.5) is 5.13 Å². The fourth-order valence-corrected chi connectivity index (χ4v) is 5.06. The summed E-state index contributed by atoms with van der Waals surface area (Å²) in [6.45, 7) is 9.31. The van der Waals surface area contributed by atoms with Gasteiger partial charge in [-0.05, 0) is 37.5 Å². The second-order valence-corrected chi connectivity index (χ2v) is 8.93. The van der Waals surface area contributed by atoms with Crippen molar-refractivity contribution in [3.63, 3.8) is 0 Å². The number of thiazole rings is 1. The van der Waals surface area contributed by atoms with Crippen LogP contribution in [0.3, 0.4) is 0 Å². The molecule has 2 bridgehead atoms. The van der Waals surface area contributed by atoms with Crippen LogP contribution in [0, 0.1) is 23.7 Å². The van der Waals surface area contributed by atoms with Crippen LogP contribution in [-0.2, 0) is 0 Å². The van der Waals surface area contributed by atoms with Crippen molar-refractivity contribution in [1.82, 2.24) is 4.98 Å². The molecule has 1 heterocycles. The number of aryl methyl sites for hydroxylation is 1. The van der Waals surface area contributed by atoms with Gasteiger partial charge in [-0.25, -0.2) is 4.98 Å². The molecule has 1 N–H and O–H groups in total. The predicted octanol–water partition coefficient (Wildman–Crippen LogP) is 6.31. The molecule has 2 fully saturated rings. The van der Waals surface area contributed by atoms with Crippen LogP contribution >= 0.6 is 28.3 Å². The first-order valence-electron chi connectivity index (χ1n) is 8.76. The summed E-state index contributed by atoms with van der Waals surface area (Å²) in [6.07, 6.45) is 3.74. The average Bonchev–Trinajstić information content (AvgIpc) is 3.16. The van der Waals surface area contributed by atoms with Gasteiger partial charge in [0.2, 0.25) is 5.13 Å². The van der Waals surface area contributed by atoms with Crippen LogP contribution in [0.1, 0.15) is 45.6 Å². The second-order valence-electron chi connectivity index (χ2n) is 8.07. The molecule has 0 amide bonds. The maximum Gasteiger partial charge on any atom is 0.203 e. The monoisotopic (exact) mass is 419 g/mol. The topological polar surface area (TPSA) is 37.3 Å². The molecule has 1 aromatic carbocycles. The summed E-state index contributed by atoms with van der Waals surface area (Å²) in [6, 6.07) is 8.50. The number of rotatable bonds is 3. The Morgan fingerprint density at radius 3 is 2.52 bits per heavy atom. The third kappa shape index (κ3) is 2.95. The lowest BCUT2D eigenvalue weighted by atomic mass is 9.70. The van der Waals surface area contributed by atoms with Gasteiger partial charge in [0.05, 0.1) is 5.69 Å². The standard InChI is InChI=1S/C20H25N3S.BrH/c1-13-5-7-14(8-6-13)16-12-24-18(21-16)23-22-17-11-15-9-10-20(17,4)19(15,2)3;/h5-8,12,15H,9-11H2,1-4H3,(H,21,23);1H. The zero-order chi connectivity index (χ0) is 16.9. The predicted molar refractivity (Wildman–Crippen MR) is 113 cm³/mol. The van der Waals surface area contributed by atoms with Gasteiger partial charge in [0, 0.05) is 22.1 Å². The highest BCUT2D eigenvalue weighted by Crippen LogP contribution is 2.63. The molecule has 3 nitrogen and oxygen atoms in total. The number of anilines is 1. The number of fused-ring (bicyclic) bond motifs is 2. The first kappa shape index (κ1) is 18.6. The first-order chi connectivity index (χ1) is 11.4. The Morgan fingerprint density at radius 2 is 1.92 bits per heavy atom. The highest BCUT2D eigenvalue weighted by Gasteiger charge is 2.59. The number of hydrazone groups is 1. The molecule has 4 rings (SSSR count). The van der Waals surface area contributed by atoms with Crippen molar-refractivity contribution in [2.45, 2.75) is 47.0 Å². The maximum atomic E-state index is 4.78. The summed E-state index contributed by atoms with van der Waals surface area (Å²) >= 11 is 1.62. The largest absolute Gasteiger partial charge is 0.253 e. The fourth-order valence-electron chi connectivity index (χ4n) is 4.39. The Balaban J connectivity index is 0.00000182. The Hall–Kier alpha value is -1.20. The van der Waals surface area contributed by atoms with Crippen molar-refractivity contribution >= 4 is 39.2 Å². The fraction of sp³-hybridized carbons (Fsp3) is 0.500. The van der Waals surface area contributed by atoms with Gasteiger partial charge in [0.25, 0.3) is 0 Å². The summed E-state index contributed by atoms with van der Waals surface area (Å²) < 4.78 is 0. The molecule has 0 radical (unpaired) electrons. The smallest absolute Gasteiger partial charge is 0.203 e. The highest BCUT2D eigenvalue weighted by atomic mass is 79.9. The number of nitrogens with zero attached hydrogens (tertiary/aromatic N) is 2. The van der Waals surface area contributed by atoms with Gasteiger partial charge >= 0.3 is 0 Å². The number of aromatic nitrogens is 1. The highest BCUT2D eigenvalue weighted by molar-refractivity contribution is 8.93. The molecule has 5 heteroatoms. The Morgan fingerprint density at radius 1 is 1.20 bits per heavy atom. The molecule has 2 aliphatic rings. The van der Waals surface area contributed by atoms with Gasteiger partial charge in [-0.1, -0.05) is 50.6 Å². The van der Waals surface area contributed by atoms with Gasteiger partial charge < -0.3 is 0 Å². The molecule has 134 valence electrons. The van der Waals surface area contributed by atoms with Crippen molar-refractivity contribution in [2.24, 2.45) is 21.8 Å². The Kier molecular flexibility index (Phi) is 4.84. The average molecular weight is 420 g/mol. The van der Waals surface area contributed by atoms with Crippen LogP contribution in [0.25, 0.3) is 11.3 Å². The van der Waals surface area contributed by atoms with Crippen molar-refractivity contribution in [1.29, 1.82) is 0 Å². The van der Waals surface area contributed by atoms with Crippen molar-refractivity contribution in [3.8, 4) is 11.3 Å². The van der Waals surface area contributed by atoms with E-state index in [2.05, 4.69) is 62.8 Å². The maximum absolute atomic E-state index is 4.78. The van der Waals surface area contributed by atoms with Crippen molar-refractivity contribution in [3.05, 3.63) is 35.2 Å². The van der Waals surface area contributed by atoms with Gasteiger partial charge in [-0.2, -0.15) is 5.10 Å². The number of hydrogen-bond acceptors (Lipinski definition) is 4. The molecular weight excluding hydrogens is 394 g/mol. The van der Waals surface area contributed by atoms with Crippen LogP contribution in [-0.4, -0.2) is 10.7 Å². The quantitative estimate of drug-likeness (QED) is 0.591. The number of halogens is 1. The van der Waals surface area contributed by atoms with E-state index in [1.54, 1.807) is 11.3 Å². The molecule has 0 saturated heterocycles. The molecular formula is C20H26BrN3S. The number of hydrogen-bond donors (Lipinski definition) is 1. The minimum absolute atomic E-state index is 0. The van der Waals surface area contributed by atoms with E-state index in [1.807, 2.05) is 0 Å². The lowest BCUT2D eigenvalue weighted by molar-refractivity contribution is 0.194. The normalized spacial score (nSPS) is 28.2. The summed E-state index contributed by atoms with van der Waals surface area (Å²) in [4.78, 5) is 4.69. The first-order valence-corrected chi connectivity index (χ1v) is 9.64. The second kappa shape index (κ2) is 6.51. The SMILES string of the molecule is Br.Cc1ccc(-c2csc(NN=C3CC4CCC3(C)C4(C)C)n2)cc1. The van der Waals surface area contributed by atoms with Crippen LogP contribution in [0.2, 0.25) is 0 Å². The van der Waals surface area contributed by atoms with Crippen LogP contribution < -0.4 is 5.43 Å². The van der Waals surface area contributed by atoms with E-state index < -0.39 is 0 Å². The molecule has 25 heavy (non-hydrogen) atoms. The molecule has 2 saturated carbocycles. The van der Waals surface area contributed by atoms with E-state index in [0.29, 0.717) is 5.41 Å². The molecule has 1 aromatic heterocycles. The third-order valence-electron chi connectivity index (χ3n) is 6.65. The number of nitrogens with one attached hydrogen (secondary N) is 1. The Bertz CT molecular complexity index is 794. The van der Waals surface area contributed by atoms with Gasteiger partial charge in [0.15, 0.2) is 0 Å². The molecule has 2 aromatic rings. The van der Waals surface area contributed by atoms with E-state index in [1.165, 1.54) is 24.1 Å². The minimum atomic E-state index is 0. The molecule has 0 aliphatic heterocycles. The summed E-state index contributed by atoms with van der Waals surface area (Å²) in [5.41, 5.74) is 8.61. The zero-order valence-corrected chi connectivity index (χ0v) is 17.8. The van der Waals surface area contributed by atoms with Crippen LogP contribution in [0.5, 0.6) is 0 Å². The van der Waals surface area contributed by atoms with Gasteiger partial charge in [0.1, 0.15) is 0 Å². The van der Waals surface area contributed by atoms with Crippen molar-refractivity contribution < 1.29 is 0 Å². The Labute approximate surface area is 164 Å². The van der Waals surface area contributed by atoms with E-state index in [0.717, 1.165) is 28.7 Å². The van der Waals surface area contributed by atoms with Gasteiger partial charge in [-0.15, -0.1) is 28.3 Å². The van der Waals surface area contributed by atoms with E-state index in [9.17, 15) is 0 Å². The van der Waals surface area contributed by atoms with Crippen LogP contribution in [0.15, 0.2) is 34.7 Å². The summed E-state index contributed by atoms with van der Waals surface area (Å²) in [5, 5.41) is 7.75. The zero-order valence-electron chi connectivity index (χ0n) is 15.3. The van der Waals surface area contributed by atoms with Crippen molar-refractivity contribution in [2.75, 3.05) is 5.43 Å². The molecule has 2 aliphatic carbocycles. The molecule has 2 atom stereocenters. The van der Waals surface area contributed by atoms with E-state index in [-0.39, 0.29) is 22.4 Å². The van der Waals surface area contributed by atoms with Gasteiger partial charge in [-0.3, -0.25) is 5.43 Å². The molecule has 2 unspecified atom stereocenters. The minimum Gasteiger partial charge on any atom is -0.253 e. The molecule has 0 spiro atoms.